The Balaban J connectivity index is 1.62. The van der Waals surface area contributed by atoms with E-state index in [0.29, 0.717) is 16.9 Å². The van der Waals surface area contributed by atoms with Crippen molar-refractivity contribution >= 4 is 39.9 Å². The van der Waals surface area contributed by atoms with Crippen molar-refractivity contribution in [1.29, 1.82) is 0 Å². The molecule has 0 bridgehead atoms. The van der Waals surface area contributed by atoms with E-state index in [1.165, 1.54) is 22.9 Å². The molecule has 0 unspecified atom stereocenters. The van der Waals surface area contributed by atoms with Crippen LogP contribution < -0.4 is 11.1 Å². The molecule has 0 saturated carbocycles. The number of nitrogen functional groups attached to an aromatic ring is 1. The summed E-state index contributed by atoms with van der Waals surface area (Å²) in [5, 5.41) is 13.5. The summed E-state index contributed by atoms with van der Waals surface area (Å²) in [7, 11) is 0. The van der Waals surface area contributed by atoms with Crippen molar-refractivity contribution in [3.63, 3.8) is 0 Å². The van der Waals surface area contributed by atoms with E-state index in [-0.39, 0.29) is 0 Å². The van der Waals surface area contributed by atoms with E-state index in [2.05, 4.69) is 57.5 Å². The van der Waals surface area contributed by atoms with E-state index in [0.717, 1.165) is 16.5 Å². The highest BCUT2D eigenvalue weighted by Gasteiger charge is 2.06. The number of benzene rings is 1. The Morgan fingerprint density at radius 1 is 1.27 bits per heavy atom. The number of hydrogen-bond donors (Lipinski definition) is 3. The average molecular weight is 332 g/mol. The molecule has 0 atom stereocenters. The van der Waals surface area contributed by atoms with Crippen molar-refractivity contribution in [3.05, 3.63) is 40.4 Å². The maximum absolute atomic E-state index is 5.49. The minimum absolute atomic E-state index is 0.331. The summed E-state index contributed by atoms with van der Waals surface area (Å²) >= 11 is 3.09. The first-order valence-electron chi connectivity index (χ1n) is 6.69. The lowest BCUT2D eigenvalue weighted by Gasteiger charge is -2.05. The zero-order valence-corrected chi connectivity index (χ0v) is 13.9. The first kappa shape index (κ1) is 14.9. The number of nitrogens with zero attached hydrogens (tertiary/aromatic N) is 3. The Bertz CT molecular complexity index is 779. The van der Waals surface area contributed by atoms with Crippen LogP contribution in [0.25, 0.3) is 0 Å². The number of hydrogen-bond acceptors (Lipinski definition) is 7. The minimum Gasteiger partial charge on any atom is -0.368 e. The monoisotopic (exact) mass is 332 g/mol. The van der Waals surface area contributed by atoms with Gasteiger partial charge in [-0.2, -0.15) is 4.98 Å². The molecule has 4 N–H and O–H groups in total. The second kappa shape index (κ2) is 6.37. The third kappa shape index (κ3) is 3.58. The SMILES string of the molecule is Cc1ccc(Nc2nc(CSc3n[nH]c(N)n3)cs2)cc1C. The van der Waals surface area contributed by atoms with Crippen molar-refractivity contribution in [2.75, 3.05) is 11.1 Å². The predicted octanol–water partition coefficient (Wildman–Crippen LogP) is 3.50. The quantitative estimate of drug-likeness (QED) is 0.619. The number of anilines is 3. The zero-order chi connectivity index (χ0) is 15.5. The van der Waals surface area contributed by atoms with E-state index in [1.807, 2.05) is 5.38 Å². The molecule has 0 spiro atoms. The molecule has 6 nitrogen and oxygen atoms in total. The zero-order valence-electron chi connectivity index (χ0n) is 12.3. The summed E-state index contributed by atoms with van der Waals surface area (Å²) in [5.41, 5.74) is 10.1. The Labute approximate surface area is 136 Å². The summed E-state index contributed by atoms with van der Waals surface area (Å²) in [4.78, 5) is 8.62. The van der Waals surface area contributed by atoms with E-state index >= 15 is 0 Å². The molecule has 0 radical (unpaired) electrons. The highest BCUT2D eigenvalue weighted by Crippen LogP contribution is 2.26. The molecular weight excluding hydrogens is 316 g/mol. The van der Waals surface area contributed by atoms with Gasteiger partial charge in [0.15, 0.2) is 5.13 Å². The topological polar surface area (TPSA) is 92.5 Å². The van der Waals surface area contributed by atoms with Gasteiger partial charge < -0.3 is 11.1 Å². The minimum atomic E-state index is 0.331. The number of aromatic amines is 1. The lowest BCUT2D eigenvalue weighted by atomic mass is 10.1. The molecular formula is C14H16N6S2. The van der Waals surface area contributed by atoms with Gasteiger partial charge in [0.2, 0.25) is 11.1 Å². The second-order valence-corrected chi connectivity index (χ2v) is 6.66. The predicted molar refractivity (Wildman–Crippen MR) is 91.7 cm³/mol. The molecule has 0 amide bonds. The Morgan fingerprint density at radius 2 is 2.14 bits per heavy atom. The maximum atomic E-state index is 5.49. The van der Waals surface area contributed by atoms with Gasteiger partial charge in [0.1, 0.15) is 0 Å². The van der Waals surface area contributed by atoms with Crippen molar-refractivity contribution in [2.45, 2.75) is 24.8 Å². The highest BCUT2D eigenvalue weighted by molar-refractivity contribution is 7.98. The fourth-order valence-electron chi connectivity index (χ4n) is 1.83. The van der Waals surface area contributed by atoms with E-state index in [4.69, 9.17) is 5.73 Å². The van der Waals surface area contributed by atoms with Gasteiger partial charge in [0.25, 0.3) is 0 Å². The average Bonchev–Trinajstić information content (AvgIpc) is 3.10. The molecule has 0 aliphatic rings. The summed E-state index contributed by atoms with van der Waals surface area (Å²) in [6.45, 7) is 4.21. The third-order valence-corrected chi connectivity index (χ3v) is 4.83. The number of nitrogens with one attached hydrogen (secondary N) is 2. The van der Waals surface area contributed by atoms with Crippen molar-refractivity contribution < 1.29 is 0 Å². The Hall–Kier alpha value is -2.06. The Kier molecular flexibility index (Phi) is 4.30. The summed E-state index contributed by atoms with van der Waals surface area (Å²) in [6.07, 6.45) is 0. The second-order valence-electron chi connectivity index (χ2n) is 4.86. The number of aryl methyl sites for hydroxylation is 2. The summed E-state index contributed by atoms with van der Waals surface area (Å²) in [6, 6.07) is 6.30. The molecule has 8 heteroatoms. The van der Waals surface area contributed by atoms with Crippen LogP contribution in [0.15, 0.2) is 28.7 Å². The van der Waals surface area contributed by atoms with Gasteiger partial charge >= 0.3 is 0 Å². The standard InChI is InChI=1S/C14H16N6S2/c1-8-3-4-10(5-9(8)2)16-13-17-11(6-21-13)7-22-14-18-12(15)19-20-14/h3-6H,7H2,1-2H3,(H,16,17)(H3,15,18,19,20). The van der Waals surface area contributed by atoms with Gasteiger partial charge in [-0.1, -0.05) is 17.8 Å². The summed E-state index contributed by atoms with van der Waals surface area (Å²) < 4.78 is 0. The van der Waals surface area contributed by atoms with Gasteiger partial charge in [-0.3, -0.25) is 0 Å². The van der Waals surface area contributed by atoms with Gasteiger partial charge in [-0.05, 0) is 37.1 Å². The molecule has 0 aliphatic carbocycles. The van der Waals surface area contributed by atoms with Crippen LogP contribution in [0.4, 0.5) is 16.8 Å². The van der Waals surface area contributed by atoms with Crippen LogP contribution in [0.5, 0.6) is 0 Å². The highest BCUT2D eigenvalue weighted by atomic mass is 32.2. The molecule has 0 fully saturated rings. The van der Waals surface area contributed by atoms with Crippen LogP contribution in [0.2, 0.25) is 0 Å². The van der Waals surface area contributed by atoms with Crippen molar-refractivity contribution in [2.24, 2.45) is 0 Å². The molecule has 2 heterocycles. The van der Waals surface area contributed by atoms with E-state index in [9.17, 15) is 0 Å². The van der Waals surface area contributed by atoms with Gasteiger partial charge in [-0.15, -0.1) is 16.4 Å². The van der Waals surface area contributed by atoms with Crippen LogP contribution in [-0.4, -0.2) is 20.2 Å². The van der Waals surface area contributed by atoms with Gasteiger partial charge in [-0.25, -0.2) is 10.1 Å². The number of nitrogens with two attached hydrogens (primary N) is 1. The first-order chi connectivity index (χ1) is 10.6. The smallest absolute Gasteiger partial charge is 0.216 e. The van der Waals surface area contributed by atoms with E-state index < -0.39 is 0 Å². The lowest BCUT2D eigenvalue weighted by molar-refractivity contribution is 0.972. The normalized spacial score (nSPS) is 10.8. The number of rotatable bonds is 5. The largest absolute Gasteiger partial charge is 0.368 e. The molecule has 3 rings (SSSR count). The van der Waals surface area contributed by atoms with Crippen LogP contribution >= 0.6 is 23.1 Å². The van der Waals surface area contributed by atoms with Crippen molar-refractivity contribution in [3.8, 4) is 0 Å². The van der Waals surface area contributed by atoms with Crippen LogP contribution in [0, 0.1) is 13.8 Å². The molecule has 22 heavy (non-hydrogen) atoms. The number of H-pyrrole nitrogens is 1. The fourth-order valence-corrected chi connectivity index (χ4v) is 3.37. The van der Waals surface area contributed by atoms with Crippen LogP contribution in [-0.2, 0) is 5.75 Å². The molecule has 114 valence electrons. The molecule has 0 saturated heterocycles. The van der Waals surface area contributed by atoms with Gasteiger partial charge in [0.05, 0.1) is 5.69 Å². The number of thioether (sulfide) groups is 1. The first-order valence-corrected chi connectivity index (χ1v) is 8.56. The van der Waals surface area contributed by atoms with E-state index in [1.54, 1.807) is 11.3 Å². The van der Waals surface area contributed by atoms with Crippen LogP contribution in [0.1, 0.15) is 16.8 Å². The summed E-state index contributed by atoms with van der Waals surface area (Å²) in [5.74, 6) is 1.04. The molecule has 2 aromatic heterocycles. The molecule has 0 aliphatic heterocycles. The Morgan fingerprint density at radius 3 is 2.86 bits per heavy atom. The fraction of sp³-hybridized carbons (Fsp3) is 0.214. The molecule has 1 aromatic carbocycles. The van der Waals surface area contributed by atoms with Gasteiger partial charge in [0, 0.05) is 16.8 Å². The number of thiazole rings is 1. The number of aromatic nitrogens is 4. The molecule has 3 aromatic rings. The van der Waals surface area contributed by atoms with Crippen molar-refractivity contribution in [1.82, 2.24) is 20.2 Å². The lowest BCUT2D eigenvalue weighted by Crippen LogP contribution is -1.92. The van der Waals surface area contributed by atoms with Crippen LogP contribution in [0.3, 0.4) is 0 Å². The maximum Gasteiger partial charge on any atom is 0.216 e. The third-order valence-electron chi connectivity index (χ3n) is 3.14.